The van der Waals surface area contributed by atoms with Crippen LogP contribution in [0.4, 0.5) is 0 Å². The molecule has 0 saturated carbocycles. The van der Waals surface area contributed by atoms with Crippen molar-refractivity contribution in [2.24, 2.45) is 0 Å². The lowest BCUT2D eigenvalue weighted by Crippen LogP contribution is -2.30. The van der Waals surface area contributed by atoms with E-state index >= 15 is 0 Å². The zero-order valence-electron chi connectivity index (χ0n) is 9.45. The van der Waals surface area contributed by atoms with Crippen LogP contribution in [0.15, 0.2) is 0 Å². The second kappa shape index (κ2) is 9.40. The smallest absolute Gasteiger partial charge is 0.0897 e. The van der Waals surface area contributed by atoms with Crippen molar-refractivity contribution in [2.75, 3.05) is 32.9 Å². The van der Waals surface area contributed by atoms with Gasteiger partial charge >= 0.3 is 0 Å². The molecule has 0 amide bonds. The van der Waals surface area contributed by atoms with Gasteiger partial charge in [0.15, 0.2) is 0 Å². The van der Waals surface area contributed by atoms with Crippen LogP contribution in [-0.4, -0.2) is 50.2 Å². The van der Waals surface area contributed by atoms with Gasteiger partial charge in [-0.25, -0.2) is 0 Å². The highest BCUT2D eigenvalue weighted by molar-refractivity contribution is 4.56. The molecule has 0 aliphatic heterocycles. The van der Waals surface area contributed by atoms with E-state index in [1.54, 1.807) is 0 Å². The second-order valence-corrected chi connectivity index (χ2v) is 3.46. The Morgan fingerprint density at radius 1 is 1.29 bits per heavy atom. The molecule has 4 nitrogen and oxygen atoms in total. The normalized spacial score (nSPS) is 13.5. The Morgan fingerprint density at radius 2 is 2.00 bits per heavy atom. The quantitative estimate of drug-likeness (QED) is 0.535. The van der Waals surface area contributed by atoms with Crippen LogP contribution in [0, 0.1) is 0 Å². The van der Waals surface area contributed by atoms with Gasteiger partial charge in [-0.05, 0) is 20.4 Å². The topological polar surface area (TPSA) is 50.7 Å². The second-order valence-electron chi connectivity index (χ2n) is 3.46. The summed E-state index contributed by atoms with van der Waals surface area (Å²) in [6, 6.07) is 0. The molecule has 0 aromatic heterocycles. The highest BCUT2D eigenvalue weighted by atomic mass is 16.5. The van der Waals surface area contributed by atoms with Crippen LogP contribution >= 0.6 is 0 Å². The van der Waals surface area contributed by atoms with Crippen molar-refractivity contribution in [3.63, 3.8) is 0 Å². The first-order valence-corrected chi connectivity index (χ1v) is 5.25. The summed E-state index contributed by atoms with van der Waals surface area (Å²) in [6.07, 6.45) is -0.181. The van der Waals surface area contributed by atoms with Gasteiger partial charge in [-0.15, -0.1) is 0 Å². The van der Waals surface area contributed by atoms with Crippen LogP contribution < -0.4 is 5.32 Å². The lowest BCUT2D eigenvalue weighted by Gasteiger charge is -2.12. The minimum Gasteiger partial charge on any atom is -0.389 e. The number of rotatable bonds is 9. The van der Waals surface area contributed by atoms with Crippen LogP contribution in [0.25, 0.3) is 0 Å². The van der Waals surface area contributed by atoms with Crippen molar-refractivity contribution < 1.29 is 14.6 Å². The van der Waals surface area contributed by atoms with Gasteiger partial charge in [0.05, 0.1) is 32.0 Å². The largest absolute Gasteiger partial charge is 0.389 e. The summed E-state index contributed by atoms with van der Waals surface area (Å²) < 4.78 is 10.5. The SMILES string of the molecule is CCNCC(O)COCCOC(C)C. The van der Waals surface area contributed by atoms with Crippen LogP contribution in [0.2, 0.25) is 0 Å². The molecule has 0 fully saturated rings. The van der Waals surface area contributed by atoms with E-state index in [2.05, 4.69) is 5.32 Å². The molecule has 0 aromatic carbocycles. The number of nitrogens with one attached hydrogen (secondary N) is 1. The first kappa shape index (κ1) is 13.8. The van der Waals surface area contributed by atoms with Crippen molar-refractivity contribution >= 4 is 0 Å². The van der Waals surface area contributed by atoms with Gasteiger partial charge in [-0.2, -0.15) is 0 Å². The lowest BCUT2D eigenvalue weighted by atomic mass is 10.4. The summed E-state index contributed by atoms with van der Waals surface area (Å²) in [6.45, 7) is 8.93. The maximum Gasteiger partial charge on any atom is 0.0897 e. The summed E-state index contributed by atoms with van der Waals surface area (Å²) in [7, 11) is 0. The predicted molar refractivity (Wildman–Crippen MR) is 56.5 cm³/mol. The fourth-order valence-electron chi connectivity index (χ4n) is 0.932. The zero-order valence-corrected chi connectivity index (χ0v) is 9.45. The molecule has 0 aliphatic carbocycles. The van der Waals surface area contributed by atoms with Gasteiger partial charge in [-0.3, -0.25) is 0 Å². The van der Waals surface area contributed by atoms with Gasteiger partial charge < -0.3 is 19.9 Å². The molecule has 4 heteroatoms. The first-order chi connectivity index (χ1) is 6.66. The van der Waals surface area contributed by atoms with E-state index in [4.69, 9.17) is 9.47 Å². The molecular weight excluding hydrogens is 182 g/mol. The molecule has 0 aliphatic rings. The number of likely N-dealkylation sites (N-methyl/N-ethyl adjacent to an activating group) is 1. The lowest BCUT2D eigenvalue weighted by molar-refractivity contribution is -0.00984. The van der Waals surface area contributed by atoms with Crippen molar-refractivity contribution in [3.05, 3.63) is 0 Å². The third-order valence-corrected chi connectivity index (χ3v) is 1.62. The minimum absolute atomic E-state index is 0.241. The minimum atomic E-state index is -0.422. The van der Waals surface area contributed by atoms with Crippen molar-refractivity contribution in [1.82, 2.24) is 5.32 Å². The average Bonchev–Trinajstić information content (AvgIpc) is 2.13. The van der Waals surface area contributed by atoms with Crippen LogP contribution in [0.1, 0.15) is 20.8 Å². The molecular formula is C10H23NO3. The molecule has 0 heterocycles. The van der Waals surface area contributed by atoms with Gasteiger partial charge in [0.25, 0.3) is 0 Å². The Bertz CT molecular complexity index is 120. The summed E-state index contributed by atoms with van der Waals surface area (Å²) >= 11 is 0. The van der Waals surface area contributed by atoms with E-state index in [1.165, 1.54) is 0 Å². The Labute approximate surface area is 86.6 Å². The van der Waals surface area contributed by atoms with Gasteiger partial charge in [-0.1, -0.05) is 6.92 Å². The number of aliphatic hydroxyl groups is 1. The van der Waals surface area contributed by atoms with E-state index in [9.17, 15) is 5.11 Å². The fourth-order valence-corrected chi connectivity index (χ4v) is 0.932. The Balaban J connectivity index is 3.10. The Kier molecular flexibility index (Phi) is 9.29. The molecule has 1 atom stereocenters. The van der Waals surface area contributed by atoms with Gasteiger partial charge in [0.2, 0.25) is 0 Å². The molecule has 14 heavy (non-hydrogen) atoms. The average molecular weight is 205 g/mol. The van der Waals surface area contributed by atoms with Crippen LogP contribution in [0.3, 0.4) is 0 Å². The van der Waals surface area contributed by atoms with E-state index in [1.807, 2.05) is 20.8 Å². The van der Waals surface area contributed by atoms with E-state index in [0.29, 0.717) is 26.4 Å². The third kappa shape index (κ3) is 9.92. The molecule has 0 spiro atoms. The van der Waals surface area contributed by atoms with Gasteiger partial charge in [0.1, 0.15) is 0 Å². The molecule has 0 aromatic rings. The van der Waals surface area contributed by atoms with Crippen molar-refractivity contribution in [1.29, 1.82) is 0 Å². The zero-order chi connectivity index (χ0) is 10.8. The monoisotopic (exact) mass is 205 g/mol. The Morgan fingerprint density at radius 3 is 2.57 bits per heavy atom. The van der Waals surface area contributed by atoms with Crippen LogP contribution in [-0.2, 0) is 9.47 Å². The van der Waals surface area contributed by atoms with Crippen molar-refractivity contribution in [3.8, 4) is 0 Å². The third-order valence-electron chi connectivity index (χ3n) is 1.62. The number of hydrogen-bond donors (Lipinski definition) is 2. The number of ether oxygens (including phenoxy) is 2. The van der Waals surface area contributed by atoms with Crippen LogP contribution in [0.5, 0.6) is 0 Å². The summed E-state index contributed by atoms with van der Waals surface area (Å²) in [5.74, 6) is 0. The summed E-state index contributed by atoms with van der Waals surface area (Å²) in [4.78, 5) is 0. The predicted octanol–water partition coefficient (Wildman–Crippen LogP) is 0.398. The van der Waals surface area contributed by atoms with E-state index < -0.39 is 6.10 Å². The molecule has 0 radical (unpaired) electrons. The molecule has 86 valence electrons. The highest BCUT2D eigenvalue weighted by Crippen LogP contribution is 1.89. The maximum absolute atomic E-state index is 9.36. The molecule has 0 bridgehead atoms. The van der Waals surface area contributed by atoms with E-state index in [-0.39, 0.29) is 6.10 Å². The summed E-state index contributed by atoms with van der Waals surface area (Å²) in [5, 5.41) is 12.4. The Hall–Kier alpha value is -0.160. The fraction of sp³-hybridized carbons (Fsp3) is 1.00. The summed E-state index contributed by atoms with van der Waals surface area (Å²) in [5.41, 5.74) is 0. The molecule has 2 N–H and O–H groups in total. The molecule has 0 rings (SSSR count). The van der Waals surface area contributed by atoms with Gasteiger partial charge in [0, 0.05) is 6.54 Å². The number of aliphatic hydroxyl groups excluding tert-OH is 1. The first-order valence-electron chi connectivity index (χ1n) is 5.25. The van der Waals surface area contributed by atoms with Crippen molar-refractivity contribution in [2.45, 2.75) is 33.0 Å². The standard InChI is InChI=1S/C10H23NO3/c1-4-11-7-10(12)8-13-5-6-14-9(2)3/h9-12H,4-8H2,1-3H3. The number of hydrogen-bond acceptors (Lipinski definition) is 4. The van der Waals surface area contributed by atoms with E-state index in [0.717, 1.165) is 6.54 Å². The molecule has 1 unspecified atom stereocenters. The highest BCUT2D eigenvalue weighted by Gasteiger charge is 2.02. The molecule has 0 saturated heterocycles. The maximum atomic E-state index is 9.36.